The van der Waals surface area contributed by atoms with E-state index in [0.717, 1.165) is 14.9 Å². The highest BCUT2D eigenvalue weighted by molar-refractivity contribution is 14.1. The van der Waals surface area contributed by atoms with Crippen LogP contribution in [0.3, 0.4) is 0 Å². The molecule has 1 N–H and O–H groups in total. The van der Waals surface area contributed by atoms with Crippen LogP contribution in [0.5, 0.6) is 0 Å². The minimum atomic E-state index is -0.0936. The molecule has 6 nitrogen and oxygen atoms in total. The van der Waals surface area contributed by atoms with Gasteiger partial charge in [0.05, 0.1) is 22.0 Å². The first-order chi connectivity index (χ1) is 9.65. The van der Waals surface area contributed by atoms with Crippen LogP contribution in [0.25, 0.3) is 5.65 Å². The first kappa shape index (κ1) is 13.1. The number of aromatic amines is 1. The van der Waals surface area contributed by atoms with Crippen LogP contribution in [-0.4, -0.2) is 37.4 Å². The van der Waals surface area contributed by atoms with Crippen molar-refractivity contribution in [3.8, 4) is 0 Å². The Morgan fingerprint density at radius 1 is 1.50 bits per heavy atom. The predicted octanol–water partition coefficient (Wildman–Crippen LogP) is 1.93. The Kier molecular flexibility index (Phi) is 3.43. The molecule has 0 aliphatic rings. The molecule has 0 saturated heterocycles. The Morgan fingerprint density at radius 3 is 3.05 bits per heavy atom. The Balaban J connectivity index is 1.80. The minimum Gasteiger partial charge on any atom is -0.334 e. The van der Waals surface area contributed by atoms with E-state index in [2.05, 4.69) is 37.8 Å². The van der Waals surface area contributed by atoms with Crippen molar-refractivity contribution >= 4 is 34.1 Å². The van der Waals surface area contributed by atoms with E-state index in [0.29, 0.717) is 12.2 Å². The maximum atomic E-state index is 12.3. The molecule has 20 heavy (non-hydrogen) atoms. The number of hydrogen-bond donors (Lipinski definition) is 1. The highest BCUT2D eigenvalue weighted by atomic mass is 127. The van der Waals surface area contributed by atoms with Gasteiger partial charge in [0.15, 0.2) is 0 Å². The van der Waals surface area contributed by atoms with Crippen LogP contribution in [0.4, 0.5) is 0 Å². The number of imidazole rings is 1. The number of halogens is 1. The van der Waals surface area contributed by atoms with Crippen molar-refractivity contribution in [2.45, 2.75) is 6.54 Å². The number of H-pyrrole nitrogens is 1. The number of fused-ring (bicyclic) bond motifs is 1. The zero-order chi connectivity index (χ0) is 14.1. The summed E-state index contributed by atoms with van der Waals surface area (Å²) in [7, 11) is 1.75. The van der Waals surface area contributed by atoms with Gasteiger partial charge in [-0.15, -0.1) is 0 Å². The maximum Gasteiger partial charge on any atom is 0.273 e. The zero-order valence-corrected chi connectivity index (χ0v) is 12.9. The van der Waals surface area contributed by atoms with Crippen molar-refractivity contribution in [3.63, 3.8) is 0 Å². The average Bonchev–Trinajstić information content (AvgIpc) is 3.03. The molecule has 1 amide bonds. The highest BCUT2D eigenvalue weighted by Gasteiger charge is 2.17. The molecule has 102 valence electrons. The quantitative estimate of drug-likeness (QED) is 0.706. The molecule has 3 aromatic heterocycles. The third kappa shape index (κ3) is 2.40. The van der Waals surface area contributed by atoms with E-state index in [1.54, 1.807) is 18.1 Å². The van der Waals surface area contributed by atoms with Crippen LogP contribution < -0.4 is 0 Å². The third-order valence-corrected chi connectivity index (χ3v) is 3.78. The lowest BCUT2D eigenvalue weighted by molar-refractivity contribution is 0.0776. The van der Waals surface area contributed by atoms with E-state index in [1.807, 2.05) is 35.0 Å². The maximum absolute atomic E-state index is 12.3. The molecule has 3 rings (SSSR count). The number of pyridine rings is 1. The number of aromatic nitrogens is 4. The SMILES string of the molecule is CN(Cc1cn2ccccc2n1)C(=O)c1[nH]ncc1I. The van der Waals surface area contributed by atoms with Crippen LogP contribution in [0.1, 0.15) is 16.2 Å². The van der Waals surface area contributed by atoms with E-state index in [9.17, 15) is 4.79 Å². The number of carbonyl (C=O) groups excluding carboxylic acids is 1. The molecular weight excluding hydrogens is 369 g/mol. The fraction of sp³-hybridized carbons (Fsp3) is 0.154. The van der Waals surface area contributed by atoms with E-state index < -0.39 is 0 Å². The van der Waals surface area contributed by atoms with Crippen molar-refractivity contribution in [1.29, 1.82) is 0 Å². The second-order valence-corrected chi connectivity index (χ2v) is 5.61. The Morgan fingerprint density at radius 2 is 2.35 bits per heavy atom. The van der Waals surface area contributed by atoms with E-state index in [1.165, 1.54) is 0 Å². The van der Waals surface area contributed by atoms with Crippen LogP contribution in [-0.2, 0) is 6.54 Å². The van der Waals surface area contributed by atoms with Gasteiger partial charge in [0.25, 0.3) is 5.91 Å². The number of hydrogen-bond acceptors (Lipinski definition) is 3. The second kappa shape index (κ2) is 5.23. The molecule has 0 radical (unpaired) electrons. The van der Waals surface area contributed by atoms with Gasteiger partial charge in [-0.1, -0.05) is 6.07 Å². The van der Waals surface area contributed by atoms with E-state index in [4.69, 9.17) is 0 Å². The number of carbonyl (C=O) groups is 1. The van der Waals surface area contributed by atoms with Crippen LogP contribution in [0.15, 0.2) is 36.8 Å². The molecule has 0 unspecified atom stereocenters. The molecule has 0 aromatic carbocycles. The molecule has 0 saturated carbocycles. The van der Waals surface area contributed by atoms with Gasteiger partial charge < -0.3 is 9.30 Å². The van der Waals surface area contributed by atoms with Gasteiger partial charge >= 0.3 is 0 Å². The molecule has 3 aromatic rings. The Bertz CT molecular complexity index is 730. The number of nitrogens with one attached hydrogen (secondary N) is 1. The molecular formula is C13H12IN5O. The summed E-state index contributed by atoms with van der Waals surface area (Å²) in [6.45, 7) is 0.454. The summed E-state index contributed by atoms with van der Waals surface area (Å²) in [6, 6.07) is 5.82. The number of nitrogens with zero attached hydrogens (tertiary/aromatic N) is 4. The summed E-state index contributed by atoms with van der Waals surface area (Å²) >= 11 is 2.09. The number of amides is 1. The molecule has 0 aliphatic heterocycles. The van der Waals surface area contributed by atoms with Crippen molar-refractivity contribution in [2.24, 2.45) is 0 Å². The molecule has 0 spiro atoms. The summed E-state index contributed by atoms with van der Waals surface area (Å²) in [5.41, 5.74) is 2.23. The lowest BCUT2D eigenvalue weighted by Gasteiger charge is -2.14. The summed E-state index contributed by atoms with van der Waals surface area (Å²) in [4.78, 5) is 18.4. The third-order valence-electron chi connectivity index (χ3n) is 2.97. The van der Waals surface area contributed by atoms with Gasteiger partial charge in [0.1, 0.15) is 11.3 Å². The highest BCUT2D eigenvalue weighted by Crippen LogP contribution is 2.12. The van der Waals surface area contributed by atoms with Gasteiger partial charge in [0.2, 0.25) is 0 Å². The van der Waals surface area contributed by atoms with E-state index in [-0.39, 0.29) is 5.91 Å². The van der Waals surface area contributed by atoms with E-state index >= 15 is 0 Å². The zero-order valence-electron chi connectivity index (χ0n) is 10.7. The minimum absolute atomic E-state index is 0.0936. The summed E-state index contributed by atoms with van der Waals surface area (Å²) in [6.07, 6.45) is 5.50. The lowest BCUT2D eigenvalue weighted by atomic mass is 10.3. The van der Waals surface area contributed by atoms with Crippen LogP contribution >= 0.6 is 22.6 Å². The smallest absolute Gasteiger partial charge is 0.273 e. The normalized spacial score (nSPS) is 10.9. The van der Waals surface area contributed by atoms with Crippen LogP contribution in [0.2, 0.25) is 0 Å². The van der Waals surface area contributed by atoms with Gasteiger partial charge in [-0.05, 0) is 34.7 Å². The molecule has 0 aliphatic carbocycles. The predicted molar refractivity (Wildman–Crippen MR) is 82.3 cm³/mol. The largest absolute Gasteiger partial charge is 0.334 e. The summed E-state index contributed by atoms with van der Waals surface area (Å²) in [5, 5.41) is 6.59. The summed E-state index contributed by atoms with van der Waals surface area (Å²) < 4.78 is 2.75. The van der Waals surface area contributed by atoms with Crippen molar-refractivity contribution in [3.05, 3.63) is 51.7 Å². The molecule has 0 bridgehead atoms. The Hall–Kier alpha value is -1.90. The fourth-order valence-corrected chi connectivity index (χ4v) is 2.48. The van der Waals surface area contributed by atoms with Gasteiger partial charge in [0, 0.05) is 19.4 Å². The van der Waals surface area contributed by atoms with Crippen molar-refractivity contribution in [2.75, 3.05) is 7.05 Å². The topological polar surface area (TPSA) is 66.3 Å². The first-order valence-electron chi connectivity index (χ1n) is 6.02. The van der Waals surface area contributed by atoms with Gasteiger partial charge in [-0.25, -0.2) is 4.98 Å². The van der Waals surface area contributed by atoms with Crippen molar-refractivity contribution < 1.29 is 4.79 Å². The molecule has 0 atom stereocenters. The first-order valence-corrected chi connectivity index (χ1v) is 7.10. The average molecular weight is 381 g/mol. The van der Waals surface area contributed by atoms with Crippen molar-refractivity contribution in [1.82, 2.24) is 24.5 Å². The second-order valence-electron chi connectivity index (χ2n) is 4.45. The summed E-state index contributed by atoms with van der Waals surface area (Å²) in [5.74, 6) is -0.0936. The van der Waals surface area contributed by atoms with Crippen LogP contribution in [0, 0.1) is 3.57 Å². The fourth-order valence-electron chi connectivity index (χ4n) is 1.99. The monoisotopic (exact) mass is 381 g/mol. The molecule has 3 heterocycles. The number of rotatable bonds is 3. The molecule has 7 heteroatoms. The molecule has 0 fully saturated rings. The lowest BCUT2D eigenvalue weighted by Crippen LogP contribution is -2.27. The van der Waals surface area contributed by atoms with Gasteiger partial charge in [-0.3, -0.25) is 9.89 Å². The standard InChI is InChI=1S/C13H12IN5O/c1-18(13(20)12-10(14)6-15-17-12)7-9-8-19-5-3-2-4-11(19)16-9/h2-6,8H,7H2,1H3,(H,15,17). The van der Waals surface area contributed by atoms with Gasteiger partial charge in [-0.2, -0.15) is 5.10 Å². The Labute approximate surface area is 129 Å².